The number of benzene rings is 1. The molecule has 2 heterocycles. The number of nitrogens with zero attached hydrogens (tertiary/aromatic N) is 2. The van der Waals surface area contributed by atoms with Crippen LogP contribution in [-0.4, -0.2) is 40.7 Å². The van der Waals surface area contributed by atoms with E-state index in [1.807, 2.05) is 18.2 Å². The van der Waals surface area contributed by atoms with Crippen LogP contribution in [0.1, 0.15) is 25.7 Å². The summed E-state index contributed by atoms with van der Waals surface area (Å²) in [6.07, 6.45) is 0.221. The number of hydrogen-bond donors (Lipinski definition) is 1. The molecule has 1 saturated heterocycles. The molecule has 106 valence electrons. The molecule has 1 fully saturated rings. The fourth-order valence-electron chi connectivity index (χ4n) is 2.67. The van der Waals surface area contributed by atoms with Crippen LogP contribution in [0.4, 0.5) is 0 Å². The molecule has 2 aromatic rings. The van der Waals surface area contributed by atoms with Gasteiger partial charge in [-0.15, -0.1) is 0 Å². The summed E-state index contributed by atoms with van der Waals surface area (Å²) >= 11 is 0. The number of aromatic amines is 1. The summed E-state index contributed by atoms with van der Waals surface area (Å²) in [4.78, 5) is 21.9. The lowest BCUT2D eigenvalue weighted by molar-refractivity contribution is -0.0330. The largest absolute Gasteiger partial charge is 0.376 e. The highest BCUT2D eigenvalue weighted by molar-refractivity contribution is 5.77. The quantitative estimate of drug-likeness (QED) is 0.905. The van der Waals surface area contributed by atoms with Gasteiger partial charge in [0, 0.05) is 13.1 Å². The highest BCUT2D eigenvalue weighted by Gasteiger charge is 2.24. The Morgan fingerprint density at radius 3 is 3.05 bits per heavy atom. The van der Waals surface area contributed by atoms with Gasteiger partial charge in [0.1, 0.15) is 5.82 Å². The third kappa shape index (κ3) is 2.46. The Hall–Kier alpha value is -1.72. The highest BCUT2D eigenvalue weighted by Crippen LogP contribution is 2.20. The minimum atomic E-state index is -0.0706. The van der Waals surface area contributed by atoms with Crippen molar-refractivity contribution in [2.45, 2.75) is 26.0 Å². The van der Waals surface area contributed by atoms with E-state index in [0.717, 1.165) is 31.0 Å². The van der Waals surface area contributed by atoms with Crippen LogP contribution in [0, 0.1) is 0 Å². The van der Waals surface area contributed by atoms with Crippen molar-refractivity contribution in [2.24, 2.45) is 0 Å². The molecule has 5 heteroatoms. The van der Waals surface area contributed by atoms with Gasteiger partial charge in [-0.3, -0.25) is 9.69 Å². The summed E-state index contributed by atoms with van der Waals surface area (Å²) in [7, 11) is 0. The van der Waals surface area contributed by atoms with Crippen molar-refractivity contribution >= 4 is 10.9 Å². The Morgan fingerprint density at radius 1 is 1.45 bits per heavy atom. The smallest absolute Gasteiger partial charge is 0.258 e. The summed E-state index contributed by atoms with van der Waals surface area (Å²) in [6.45, 7) is 6.59. The van der Waals surface area contributed by atoms with Crippen LogP contribution < -0.4 is 5.56 Å². The Balaban J connectivity index is 1.95. The zero-order chi connectivity index (χ0) is 14.1. The Labute approximate surface area is 117 Å². The van der Waals surface area contributed by atoms with Crippen LogP contribution >= 0.6 is 0 Å². The monoisotopic (exact) mass is 273 g/mol. The standard InChI is InChI=1S/C15H19N3O2/c1-10-9-18(7-8-20-10)11(2)14-16-13-6-4-3-5-12(13)15(19)17-14/h3-6,10-11H,7-9H2,1-2H3,(H,16,17,19)/t10-,11+/m0/s1. The minimum Gasteiger partial charge on any atom is -0.376 e. The molecule has 0 saturated carbocycles. The second-order valence-electron chi connectivity index (χ2n) is 5.32. The number of morpholine rings is 1. The van der Waals surface area contributed by atoms with Crippen LogP contribution in [-0.2, 0) is 4.74 Å². The Kier molecular flexibility index (Phi) is 3.54. The molecule has 1 aliphatic heterocycles. The highest BCUT2D eigenvalue weighted by atomic mass is 16.5. The first-order valence-corrected chi connectivity index (χ1v) is 7.00. The lowest BCUT2D eigenvalue weighted by atomic mass is 10.2. The Bertz CT molecular complexity index is 667. The zero-order valence-corrected chi connectivity index (χ0v) is 11.8. The molecule has 0 amide bonds. The van der Waals surface area contributed by atoms with Crippen LogP contribution in [0.3, 0.4) is 0 Å². The number of para-hydroxylation sites is 1. The normalized spacial score (nSPS) is 22.0. The van der Waals surface area contributed by atoms with E-state index in [-0.39, 0.29) is 17.7 Å². The van der Waals surface area contributed by atoms with Gasteiger partial charge in [-0.2, -0.15) is 0 Å². The second-order valence-corrected chi connectivity index (χ2v) is 5.32. The lowest BCUT2D eigenvalue weighted by Gasteiger charge is -2.34. The molecule has 1 aromatic carbocycles. The van der Waals surface area contributed by atoms with Gasteiger partial charge < -0.3 is 9.72 Å². The molecule has 0 radical (unpaired) electrons. The van der Waals surface area contributed by atoms with Crippen LogP contribution in [0.25, 0.3) is 10.9 Å². The van der Waals surface area contributed by atoms with Gasteiger partial charge in [0.25, 0.3) is 5.56 Å². The lowest BCUT2D eigenvalue weighted by Crippen LogP contribution is -2.43. The van der Waals surface area contributed by atoms with E-state index in [2.05, 4.69) is 28.7 Å². The maximum Gasteiger partial charge on any atom is 0.258 e. The topological polar surface area (TPSA) is 58.2 Å². The van der Waals surface area contributed by atoms with Crippen molar-refractivity contribution < 1.29 is 4.74 Å². The van der Waals surface area contributed by atoms with E-state index >= 15 is 0 Å². The number of rotatable bonds is 2. The maximum absolute atomic E-state index is 12.1. The van der Waals surface area contributed by atoms with Gasteiger partial charge in [-0.05, 0) is 26.0 Å². The van der Waals surface area contributed by atoms with Crippen molar-refractivity contribution in [2.75, 3.05) is 19.7 Å². The van der Waals surface area contributed by atoms with Gasteiger partial charge in [0.15, 0.2) is 0 Å². The fraction of sp³-hybridized carbons (Fsp3) is 0.467. The third-order valence-electron chi connectivity index (χ3n) is 3.85. The molecule has 5 nitrogen and oxygen atoms in total. The maximum atomic E-state index is 12.1. The van der Waals surface area contributed by atoms with E-state index in [1.165, 1.54) is 0 Å². The van der Waals surface area contributed by atoms with Crippen molar-refractivity contribution in [3.8, 4) is 0 Å². The van der Waals surface area contributed by atoms with Gasteiger partial charge in [-0.1, -0.05) is 12.1 Å². The van der Waals surface area contributed by atoms with Crippen LogP contribution in [0.15, 0.2) is 29.1 Å². The Morgan fingerprint density at radius 2 is 2.25 bits per heavy atom. The van der Waals surface area contributed by atoms with E-state index in [1.54, 1.807) is 6.07 Å². The summed E-state index contributed by atoms with van der Waals surface area (Å²) in [5.74, 6) is 0.725. The molecule has 0 unspecified atom stereocenters. The SMILES string of the molecule is C[C@H](c1nc2ccccc2c(=O)[nH]1)N1CCO[C@@H](C)C1. The molecule has 0 bridgehead atoms. The molecule has 0 spiro atoms. The molecular formula is C15H19N3O2. The second kappa shape index (κ2) is 5.34. The van der Waals surface area contributed by atoms with E-state index in [0.29, 0.717) is 5.39 Å². The number of nitrogens with one attached hydrogen (secondary N) is 1. The van der Waals surface area contributed by atoms with Gasteiger partial charge >= 0.3 is 0 Å². The van der Waals surface area contributed by atoms with Crippen molar-refractivity contribution in [1.82, 2.24) is 14.9 Å². The number of ether oxygens (including phenoxy) is 1. The van der Waals surface area contributed by atoms with Gasteiger partial charge in [0.2, 0.25) is 0 Å². The van der Waals surface area contributed by atoms with E-state index < -0.39 is 0 Å². The van der Waals surface area contributed by atoms with Gasteiger partial charge in [0.05, 0.1) is 29.7 Å². The fourth-order valence-corrected chi connectivity index (χ4v) is 2.67. The molecule has 20 heavy (non-hydrogen) atoms. The summed E-state index contributed by atoms with van der Waals surface area (Å²) in [5.41, 5.74) is 0.679. The average molecular weight is 273 g/mol. The molecule has 1 N–H and O–H groups in total. The molecule has 3 rings (SSSR count). The van der Waals surface area contributed by atoms with Crippen molar-refractivity contribution in [1.29, 1.82) is 0 Å². The van der Waals surface area contributed by atoms with E-state index in [4.69, 9.17) is 4.74 Å². The molecule has 1 aliphatic rings. The van der Waals surface area contributed by atoms with Crippen molar-refractivity contribution in [3.05, 3.63) is 40.4 Å². The molecule has 0 aliphatic carbocycles. The van der Waals surface area contributed by atoms with Gasteiger partial charge in [-0.25, -0.2) is 4.98 Å². The summed E-state index contributed by atoms with van der Waals surface area (Å²) < 4.78 is 5.55. The van der Waals surface area contributed by atoms with Crippen LogP contribution in [0.5, 0.6) is 0 Å². The molecule has 2 atom stereocenters. The van der Waals surface area contributed by atoms with E-state index in [9.17, 15) is 4.79 Å². The first-order valence-electron chi connectivity index (χ1n) is 7.00. The number of H-pyrrole nitrogens is 1. The predicted molar refractivity (Wildman–Crippen MR) is 77.8 cm³/mol. The minimum absolute atomic E-state index is 0.0706. The first-order chi connectivity index (χ1) is 9.65. The number of hydrogen-bond acceptors (Lipinski definition) is 4. The molecule has 1 aromatic heterocycles. The number of aromatic nitrogens is 2. The number of fused-ring (bicyclic) bond motifs is 1. The third-order valence-corrected chi connectivity index (χ3v) is 3.85. The molecular weight excluding hydrogens is 254 g/mol. The predicted octanol–water partition coefficient (Wildman–Crippen LogP) is 1.70. The van der Waals surface area contributed by atoms with Crippen LogP contribution in [0.2, 0.25) is 0 Å². The zero-order valence-electron chi connectivity index (χ0n) is 11.8. The average Bonchev–Trinajstić information content (AvgIpc) is 2.46. The first kappa shape index (κ1) is 13.3. The summed E-state index contributed by atoms with van der Waals surface area (Å²) in [5, 5.41) is 0.638. The van der Waals surface area contributed by atoms with Crippen molar-refractivity contribution in [3.63, 3.8) is 0 Å². The summed E-state index contributed by atoms with van der Waals surface area (Å²) in [6, 6.07) is 7.51.